The molecule has 2 N–H and O–H groups in total. The monoisotopic (exact) mass is 126 g/mol. The maximum absolute atomic E-state index is 7.64. The van der Waals surface area contributed by atoms with E-state index >= 15 is 0 Å². The minimum atomic E-state index is -0.838. The summed E-state index contributed by atoms with van der Waals surface area (Å²) < 4.78 is 0. The Bertz CT molecular complexity index is 55.1. The molecule has 0 spiro atoms. The van der Waals surface area contributed by atoms with Crippen molar-refractivity contribution >= 4 is 24.0 Å². The summed E-state index contributed by atoms with van der Waals surface area (Å²) in [6.07, 6.45) is 0. The molecule has 0 aliphatic carbocycles. The fourth-order valence-electron chi connectivity index (χ4n) is 0. The van der Waals surface area contributed by atoms with Crippen molar-refractivity contribution in [3.63, 3.8) is 0 Å². The first-order valence-electron chi connectivity index (χ1n) is 1.06. The van der Waals surface area contributed by atoms with Crippen molar-refractivity contribution < 1.29 is 0 Å². The molecule has 0 heterocycles. The SMILES string of the molecule is Cl.N#CC(N)Cl. The number of nitriles is 1. The zero-order valence-corrected chi connectivity index (χ0v) is 4.46. The molecule has 0 aromatic heterocycles. The van der Waals surface area contributed by atoms with E-state index in [-0.39, 0.29) is 12.4 Å². The molecule has 0 fully saturated rings. The van der Waals surface area contributed by atoms with Gasteiger partial charge in [0.05, 0.1) is 6.07 Å². The van der Waals surface area contributed by atoms with Crippen molar-refractivity contribution in [1.82, 2.24) is 0 Å². The van der Waals surface area contributed by atoms with Gasteiger partial charge in [-0.3, -0.25) is 0 Å². The van der Waals surface area contributed by atoms with Gasteiger partial charge in [-0.2, -0.15) is 5.26 Å². The number of nitrogens with two attached hydrogens (primary N) is 1. The van der Waals surface area contributed by atoms with E-state index in [0.717, 1.165) is 0 Å². The van der Waals surface area contributed by atoms with Gasteiger partial charge in [0.2, 0.25) is 0 Å². The zero-order chi connectivity index (χ0) is 4.28. The minimum Gasteiger partial charge on any atom is -0.303 e. The van der Waals surface area contributed by atoms with Crippen LogP contribution in [0.5, 0.6) is 0 Å². The molecule has 0 aliphatic rings. The van der Waals surface area contributed by atoms with Crippen molar-refractivity contribution in [3.8, 4) is 6.07 Å². The first-order valence-corrected chi connectivity index (χ1v) is 1.50. The number of alkyl halides is 1. The molecule has 0 rings (SSSR count). The largest absolute Gasteiger partial charge is 0.303 e. The molecule has 36 valence electrons. The van der Waals surface area contributed by atoms with Gasteiger partial charge < -0.3 is 5.73 Å². The predicted molar refractivity (Wildman–Crippen MR) is 26.7 cm³/mol. The molecule has 0 saturated heterocycles. The van der Waals surface area contributed by atoms with E-state index in [1.54, 1.807) is 6.07 Å². The van der Waals surface area contributed by atoms with Crippen LogP contribution in [0.15, 0.2) is 0 Å². The standard InChI is InChI=1S/C2H3ClN2.ClH/c3-2(5)1-4;/h2H,5H2;1H. The molecule has 4 heteroatoms. The van der Waals surface area contributed by atoms with Crippen LogP contribution >= 0.6 is 24.0 Å². The normalized spacial score (nSPS) is 10.8. The molecular formula is C2H4Cl2N2. The molecule has 0 bridgehead atoms. The van der Waals surface area contributed by atoms with E-state index in [1.165, 1.54) is 0 Å². The summed E-state index contributed by atoms with van der Waals surface area (Å²) >= 11 is 4.88. The molecule has 6 heavy (non-hydrogen) atoms. The summed E-state index contributed by atoms with van der Waals surface area (Å²) in [5, 5.41) is 7.64. The third kappa shape index (κ3) is 8.98. The van der Waals surface area contributed by atoms with E-state index in [9.17, 15) is 0 Å². The second kappa shape index (κ2) is 5.03. The molecule has 0 radical (unpaired) electrons. The summed E-state index contributed by atoms with van der Waals surface area (Å²) in [4.78, 5) is 0. The Morgan fingerprint density at radius 1 is 1.83 bits per heavy atom. The van der Waals surface area contributed by atoms with Crippen molar-refractivity contribution in [3.05, 3.63) is 0 Å². The van der Waals surface area contributed by atoms with Crippen LogP contribution in [-0.4, -0.2) is 5.50 Å². The van der Waals surface area contributed by atoms with Crippen molar-refractivity contribution in [2.45, 2.75) is 5.50 Å². The Morgan fingerprint density at radius 2 is 2.00 bits per heavy atom. The van der Waals surface area contributed by atoms with Crippen LogP contribution in [0.4, 0.5) is 0 Å². The van der Waals surface area contributed by atoms with Gasteiger partial charge in [0.15, 0.2) is 5.50 Å². The summed E-state index contributed by atoms with van der Waals surface area (Å²) in [5.41, 5.74) is 3.86. The third-order valence-electron chi connectivity index (χ3n) is 0.123. The molecule has 0 amide bonds. The van der Waals surface area contributed by atoms with Crippen LogP contribution in [0.2, 0.25) is 0 Å². The Kier molecular flexibility index (Phi) is 7.88. The average molecular weight is 127 g/mol. The second-order valence-corrected chi connectivity index (χ2v) is 1.00. The second-order valence-electron chi connectivity index (χ2n) is 0.531. The Morgan fingerprint density at radius 3 is 2.00 bits per heavy atom. The molecule has 0 saturated carbocycles. The first kappa shape index (κ1) is 9.39. The summed E-state index contributed by atoms with van der Waals surface area (Å²) in [6.45, 7) is 0. The lowest BCUT2D eigenvalue weighted by Gasteiger charge is -1.74. The van der Waals surface area contributed by atoms with E-state index in [4.69, 9.17) is 22.6 Å². The van der Waals surface area contributed by atoms with Gasteiger partial charge in [-0.15, -0.1) is 12.4 Å². The summed E-state index contributed by atoms with van der Waals surface area (Å²) in [7, 11) is 0. The maximum atomic E-state index is 7.64. The summed E-state index contributed by atoms with van der Waals surface area (Å²) in [5.74, 6) is 0. The topological polar surface area (TPSA) is 49.8 Å². The van der Waals surface area contributed by atoms with E-state index < -0.39 is 5.50 Å². The lowest BCUT2D eigenvalue weighted by Crippen LogP contribution is -2.06. The summed E-state index contributed by atoms with van der Waals surface area (Å²) in [6, 6.07) is 1.57. The first-order chi connectivity index (χ1) is 2.27. The van der Waals surface area contributed by atoms with Crippen molar-refractivity contribution in [2.24, 2.45) is 5.73 Å². The van der Waals surface area contributed by atoms with Crippen LogP contribution in [0, 0.1) is 11.3 Å². The smallest absolute Gasteiger partial charge is 0.168 e. The highest BCUT2D eigenvalue weighted by atomic mass is 35.5. The number of hydrogen-bond donors (Lipinski definition) is 1. The fraction of sp³-hybridized carbons (Fsp3) is 0.500. The van der Waals surface area contributed by atoms with Crippen LogP contribution in [-0.2, 0) is 0 Å². The maximum Gasteiger partial charge on any atom is 0.168 e. The fourth-order valence-corrected chi connectivity index (χ4v) is 0. The average Bonchev–Trinajstić information content (AvgIpc) is 1.38. The highest BCUT2D eigenvalue weighted by molar-refractivity contribution is 6.21. The van der Waals surface area contributed by atoms with Gasteiger partial charge in [-0.05, 0) is 0 Å². The minimum absolute atomic E-state index is 0. The molecular weight excluding hydrogens is 123 g/mol. The molecule has 2 nitrogen and oxygen atoms in total. The Balaban J connectivity index is 0. The van der Waals surface area contributed by atoms with Crippen molar-refractivity contribution in [1.29, 1.82) is 5.26 Å². The van der Waals surface area contributed by atoms with Gasteiger partial charge in [-0.1, -0.05) is 11.6 Å². The Hall–Kier alpha value is 0.0300. The Labute approximate surface area is 47.3 Å². The van der Waals surface area contributed by atoms with Crippen LogP contribution in [0.3, 0.4) is 0 Å². The quantitative estimate of drug-likeness (QED) is 0.379. The lowest BCUT2D eigenvalue weighted by molar-refractivity contribution is 1.15. The van der Waals surface area contributed by atoms with Crippen LogP contribution in [0.1, 0.15) is 0 Å². The van der Waals surface area contributed by atoms with E-state index in [1.807, 2.05) is 0 Å². The predicted octanol–water partition coefficient (Wildman–Crippen LogP) is 0.455. The van der Waals surface area contributed by atoms with Crippen LogP contribution < -0.4 is 5.73 Å². The van der Waals surface area contributed by atoms with Gasteiger partial charge in [-0.25, -0.2) is 0 Å². The molecule has 1 atom stereocenters. The van der Waals surface area contributed by atoms with E-state index in [2.05, 4.69) is 0 Å². The molecule has 0 aromatic rings. The zero-order valence-electron chi connectivity index (χ0n) is 2.89. The van der Waals surface area contributed by atoms with Gasteiger partial charge in [0.25, 0.3) is 0 Å². The molecule has 0 aromatic carbocycles. The molecule has 1 unspecified atom stereocenters. The number of rotatable bonds is 0. The highest BCUT2D eigenvalue weighted by Crippen LogP contribution is 1.75. The third-order valence-corrected chi connectivity index (χ3v) is 0.221. The number of hydrogen-bond acceptors (Lipinski definition) is 2. The number of halogens is 2. The van der Waals surface area contributed by atoms with Gasteiger partial charge in [0.1, 0.15) is 0 Å². The molecule has 0 aliphatic heterocycles. The van der Waals surface area contributed by atoms with Crippen LogP contribution in [0.25, 0.3) is 0 Å². The van der Waals surface area contributed by atoms with E-state index in [0.29, 0.717) is 0 Å². The number of nitrogens with zero attached hydrogens (tertiary/aromatic N) is 1. The van der Waals surface area contributed by atoms with Gasteiger partial charge >= 0.3 is 0 Å². The lowest BCUT2D eigenvalue weighted by atomic mass is 10.8. The highest BCUT2D eigenvalue weighted by Gasteiger charge is 1.81. The van der Waals surface area contributed by atoms with Gasteiger partial charge in [0, 0.05) is 0 Å². The van der Waals surface area contributed by atoms with Crippen molar-refractivity contribution in [2.75, 3.05) is 0 Å².